The van der Waals surface area contributed by atoms with E-state index in [2.05, 4.69) is 15.0 Å². The van der Waals surface area contributed by atoms with Crippen LogP contribution in [0.3, 0.4) is 0 Å². The number of carbonyl (C=O) groups is 1. The van der Waals surface area contributed by atoms with Crippen molar-refractivity contribution in [2.45, 2.75) is 0 Å². The van der Waals surface area contributed by atoms with Crippen molar-refractivity contribution in [3.05, 3.63) is 89.1 Å². The zero-order chi connectivity index (χ0) is 22.8. The van der Waals surface area contributed by atoms with Gasteiger partial charge in [0.2, 0.25) is 0 Å². The molecule has 4 aromatic rings. The van der Waals surface area contributed by atoms with E-state index in [0.717, 1.165) is 11.4 Å². The number of anilines is 1. The number of methoxy groups -OCH3 is 1. The van der Waals surface area contributed by atoms with Gasteiger partial charge in [0, 0.05) is 49.6 Å². The van der Waals surface area contributed by atoms with Crippen LogP contribution >= 0.6 is 0 Å². The second kappa shape index (κ2) is 8.74. The zero-order valence-electron chi connectivity index (χ0n) is 18.2. The fourth-order valence-corrected chi connectivity index (χ4v) is 4.12. The number of rotatable bonds is 4. The van der Waals surface area contributed by atoms with E-state index >= 15 is 0 Å². The Morgan fingerprint density at radius 2 is 1.52 bits per heavy atom. The van der Waals surface area contributed by atoms with Crippen molar-refractivity contribution < 1.29 is 9.53 Å². The van der Waals surface area contributed by atoms with Crippen LogP contribution < -0.4 is 15.2 Å². The van der Waals surface area contributed by atoms with Gasteiger partial charge in [-0.05, 0) is 42.5 Å². The Balaban J connectivity index is 1.44. The maximum atomic E-state index is 13.5. The van der Waals surface area contributed by atoms with Gasteiger partial charge in [0.15, 0.2) is 5.69 Å². The van der Waals surface area contributed by atoms with Crippen molar-refractivity contribution in [2.24, 2.45) is 0 Å². The van der Waals surface area contributed by atoms with Crippen LogP contribution in [0.1, 0.15) is 10.5 Å². The summed E-state index contributed by atoms with van der Waals surface area (Å²) in [5.74, 6) is 0.637. The number of piperazine rings is 1. The van der Waals surface area contributed by atoms with Crippen LogP contribution in [-0.4, -0.2) is 58.9 Å². The van der Waals surface area contributed by atoms with Crippen molar-refractivity contribution in [1.82, 2.24) is 19.7 Å². The van der Waals surface area contributed by atoms with E-state index in [1.165, 1.54) is 4.68 Å². The van der Waals surface area contributed by atoms with Gasteiger partial charge in [-0.1, -0.05) is 18.2 Å². The average molecular weight is 441 g/mol. The van der Waals surface area contributed by atoms with Gasteiger partial charge in [-0.2, -0.15) is 9.78 Å². The molecule has 3 heterocycles. The number of carbonyl (C=O) groups excluding carboxylic acids is 1. The molecule has 8 nitrogen and oxygen atoms in total. The van der Waals surface area contributed by atoms with E-state index < -0.39 is 0 Å². The second-order valence-corrected chi connectivity index (χ2v) is 7.79. The van der Waals surface area contributed by atoms with Crippen molar-refractivity contribution in [3.63, 3.8) is 0 Å². The highest BCUT2D eigenvalue weighted by molar-refractivity contribution is 6.05. The quantitative estimate of drug-likeness (QED) is 0.485. The minimum Gasteiger partial charge on any atom is -0.497 e. The molecule has 0 bridgehead atoms. The Morgan fingerprint density at radius 3 is 2.18 bits per heavy atom. The first-order valence-corrected chi connectivity index (χ1v) is 10.8. The zero-order valence-corrected chi connectivity index (χ0v) is 18.2. The van der Waals surface area contributed by atoms with Crippen molar-refractivity contribution in [3.8, 4) is 11.4 Å². The molecule has 0 atom stereocenters. The van der Waals surface area contributed by atoms with Crippen LogP contribution in [-0.2, 0) is 0 Å². The molecule has 5 rings (SSSR count). The van der Waals surface area contributed by atoms with E-state index in [-0.39, 0.29) is 17.2 Å². The van der Waals surface area contributed by atoms with Crippen LogP contribution in [0.25, 0.3) is 16.5 Å². The smallest absolute Gasteiger partial charge is 0.279 e. The molecule has 1 aliphatic rings. The average Bonchev–Trinajstić information content (AvgIpc) is 2.89. The van der Waals surface area contributed by atoms with E-state index in [1.54, 1.807) is 54.7 Å². The lowest BCUT2D eigenvalue weighted by Crippen LogP contribution is -2.49. The van der Waals surface area contributed by atoms with Gasteiger partial charge in [-0.25, -0.2) is 0 Å². The van der Waals surface area contributed by atoms with Crippen molar-refractivity contribution in [2.75, 3.05) is 38.2 Å². The fraction of sp³-hybridized carbons (Fsp3) is 0.200. The molecule has 1 saturated heterocycles. The molecule has 0 aliphatic carbocycles. The number of benzene rings is 2. The van der Waals surface area contributed by atoms with Crippen LogP contribution in [0.5, 0.6) is 5.75 Å². The van der Waals surface area contributed by atoms with Gasteiger partial charge in [-0.3, -0.25) is 14.6 Å². The maximum absolute atomic E-state index is 13.5. The monoisotopic (exact) mass is 441 g/mol. The molecule has 0 spiro atoms. The molecule has 166 valence electrons. The summed E-state index contributed by atoms with van der Waals surface area (Å²) >= 11 is 0. The number of amides is 1. The lowest BCUT2D eigenvalue weighted by molar-refractivity contribution is 0.0741. The van der Waals surface area contributed by atoms with Crippen LogP contribution in [0.4, 0.5) is 5.69 Å². The summed E-state index contributed by atoms with van der Waals surface area (Å²) in [5, 5.41) is 5.53. The van der Waals surface area contributed by atoms with Gasteiger partial charge in [0.1, 0.15) is 5.75 Å². The second-order valence-electron chi connectivity index (χ2n) is 7.79. The summed E-state index contributed by atoms with van der Waals surface area (Å²) in [6.07, 6.45) is 3.19. The van der Waals surface area contributed by atoms with Crippen molar-refractivity contribution in [1.29, 1.82) is 0 Å². The number of hydrogen-bond acceptors (Lipinski definition) is 6. The molecule has 0 saturated carbocycles. The molecule has 2 aromatic heterocycles. The molecule has 1 aliphatic heterocycles. The molecule has 2 aromatic carbocycles. The highest BCUT2D eigenvalue weighted by Crippen LogP contribution is 2.22. The molecule has 1 fully saturated rings. The van der Waals surface area contributed by atoms with E-state index in [9.17, 15) is 9.59 Å². The molecule has 8 heteroatoms. The van der Waals surface area contributed by atoms with Gasteiger partial charge >= 0.3 is 0 Å². The number of pyridine rings is 1. The molecule has 0 unspecified atom stereocenters. The van der Waals surface area contributed by atoms with E-state index in [4.69, 9.17) is 4.74 Å². The standard InChI is InChI=1S/C25H23N5O3/c1-33-20-8-6-18(7-9-20)28-14-16-29(17-15-28)25(32)23-21-4-2-3-5-22(21)24(31)30(27-23)19-10-12-26-13-11-19/h2-13H,14-17H2,1H3. The lowest BCUT2D eigenvalue weighted by Gasteiger charge is -2.36. The first-order chi connectivity index (χ1) is 16.2. The van der Waals surface area contributed by atoms with Crippen molar-refractivity contribution >= 4 is 22.4 Å². The first-order valence-electron chi connectivity index (χ1n) is 10.8. The normalized spacial score (nSPS) is 13.8. The summed E-state index contributed by atoms with van der Waals surface area (Å²) in [7, 11) is 1.65. The minimum atomic E-state index is -0.266. The number of hydrogen-bond donors (Lipinski definition) is 0. The highest BCUT2D eigenvalue weighted by Gasteiger charge is 2.26. The molecular weight excluding hydrogens is 418 g/mol. The number of fused-ring (bicyclic) bond motifs is 1. The highest BCUT2D eigenvalue weighted by atomic mass is 16.5. The third-order valence-electron chi connectivity index (χ3n) is 5.92. The van der Waals surface area contributed by atoms with Gasteiger partial charge in [-0.15, -0.1) is 0 Å². The third kappa shape index (κ3) is 3.91. The molecule has 33 heavy (non-hydrogen) atoms. The topological polar surface area (TPSA) is 80.6 Å². The Labute approximate surface area is 190 Å². The number of ether oxygens (including phenoxy) is 1. The molecule has 0 N–H and O–H groups in total. The Hall–Kier alpha value is -4.20. The summed E-state index contributed by atoms with van der Waals surface area (Å²) in [5.41, 5.74) is 1.68. The summed E-state index contributed by atoms with van der Waals surface area (Å²) in [4.78, 5) is 34.7. The van der Waals surface area contributed by atoms with Gasteiger partial charge in [0.05, 0.1) is 18.2 Å². The maximum Gasteiger partial charge on any atom is 0.279 e. The Morgan fingerprint density at radius 1 is 0.848 bits per heavy atom. The van der Waals surface area contributed by atoms with Gasteiger partial charge < -0.3 is 14.5 Å². The predicted octanol–water partition coefficient (Wildman–Crippen LogP) is 2.75. The summed E-state index contributed by atoms with van der Waals surface area (Å²) < 4.78 is 6.52. The first kappa shape index (κ1) is 20.7. The number of aromatic nitrogens is 3. The SMILES string of the molecule is COc1ccc(N2CCN(C(=O)c3nn(-c4ccncc4)c(=O)c4ccccc34)CC2)cc1. The van der Waals surface area contributed by atoms with Gasteiger partial charge in [0.25, 0.3) is 11.5 Å². The summed E-state index contributed by atoms with van der Waals surface area (Å²) in [6, 6.07) is 18.4. The van der Waals surface area contributed by atoms with Crippen LogP contribution in [0.2, 0.25) is 0 Å². The van der Waals surface area contributed by atoms with E-state index in [0.29, 0.717) is 42.6 Å². The Bertz CT molecular complexity index is 1340. The predicted molar refractivity (Wildman–Crippen MR) is 126 cm³/mol. The number of nitrogens with zero attached hydrogens (tertiary/aromatic N) is 5. The fourth-order valence-electron chi connectivity index (χ4n) is 4.12. The van der Waals surface area contributed by atoms with E-state index in [1.807, 2.05) is 30.3 Å². The van der Waals surface area contributed by atoms with Crippen LogP contribution in [0.15, 0.2) is 77.9 Å². The largest absolute Gasteiger partial charge is 0.497 e. The molecule has 0 radical (unpaired) electrons. The molecular formula is C25H23N5O3. The lowest BCUT2D eigenvalue weighted by atomic mass is 10.1. The minimum absolute atomic E-state index is 0.177. The summed E-state index contributed by atoms with van der Waals surface area (Å²) in [6.45, 7) is 2.55. The van der Waals surface area contributed by atoms with Crippen LogP contribution in [0, 0.1) is 0 Å². The Kier molecular flexibility index (Phi) is 5.48. The third-order valence-corrected chi connectivity index (χ3v) is 5.92. The molecule has 1 amide bonds.